The molecule has 1 aliphatic carbocycles. The Labute approximate surface area is 285 Å². The number of hydrogen-bond acceptors (Lipinski definition) is 1. The normalized spacial score (nSPS) is 13.3. The molecule has 3 heteroatoms. The van der Waals surface area contributed by atoms with Crippen LogP contribution in [0, 0.1) is 0 Å². The molecular weight excluding hydrogens is 595 g/mol. The SMILES string of the molecule is CC1(C)c2ccccc2-c2c1c1c(ccc3c4ccccc4n(-c4cc(-c5ccccc5)cc(-c5ccccc5)n4)c31)n2-c1ccccc1. The third-order valence-electron chi connectivity index (χ3n) is 10.5. The molecule has 3 aromatic heterocycles. The number of para-hydroxylation sites is 2. The molecule has 232 valence electrons. The van der Waals surface area contributed by atoms with E-state index in [1.807, 2.05) is 0 Å². The Morgan fingerprint density at radius 3 is 1.94 bits per heavy atom. The lowest BCUT2D eigenvalue weighted by atomic mass is 9.81. The standard InChI is InChI=1S/C46H33N3/c1-46(2)37-24-14-12-23-36(37)45-43(46)42-40(48(45)33-20-10-5-11-21-33)27-26-35-34-22-13-15-25-39(34)49(44(35)42)41-29-32(30-16-6-3-7-17-30)28-38(47-41)31-18-8-4-9-19-31/h3-29H,1-2H3. The minimum atomic E-state index is -0.214. The first kappa shape index (κ1) is 27.9. The molecule has 0 aliphatic heterocycles. The summed E-state index contributed by atoms with van der Waals surface area (Å²) in [5, 5.41) is 3.74. The zero-order valence-corrected chi connectivity index (χ0v) is 27.4. The van der Waals surface area contributed by atoms with Crippen molar-refractivity contribution < 1.29 is 0 Å². The lowest BCUT2D eigenvalue weighted by Gasteiger charge is -2.22. The van der Waals surface area contributed by atoms with Gasteiger partial charge < -0.3 is 4.57 Å². The second kappa shape index (κ2) is 10.4. The molecule has 0 saturated heterocycles. The molecule has 0 amide bonds. The van der Waals surface area contributed by atoms with Gasteiger partial charge in [0.1, 0.15) is 5.82 Å². The van der Waals surface area contributed by atoms with Crippen molar-refractivity contribution >= 4 is 32.7 Å². The minimum Gasteiger partial charge on any atom is -0.309 e. The first-order valence-corrected chi connectivity index (χ1v) is 17.0. The van der Waals surface area contributed by atoms with Crippen molar-refractivity contribution in [3.8, 4) is 45.1 Å². The van der Waals surface area contributed by atoms with E-state index < -0.39 is 0 Å². The number of fused-ring (bicyclic) bond motifs is 9. The van der Waals surface area contributed by atoms with Crippen LogP contribution in [0.15, 0.2) is 164 Å². The molecule has 0 N–H and O–H groups in total. The molecule has 0 fully saturated rings. The van der Waals surface area contributed by atoms with E-state index in [1.165, 1.54) is 60.8 Å². The maximum Gasteiger partial charge on any atom is 0.138 e. The Morgan fingerprint density at radius 1 is 0.510 bits per heavy atom. The monoisotopic (exact) mass is 627 g/mol. The van der Waals surface area contributed by atoms with Crippen LogP contribution in [0.4, 0.5) is 0 Å². The largest absolute Gasteiger partial charge is 0.309 e. The molecule has 49 heavy (non-hydrogen) atoms. The Hall–Kier alpha value is -6.19. The predicted molar refractivity (Wildman–Crippen MR) is 204 cm³/mol. The smallest absolute Gasteiger partial charge is 0.138 e. The summed E-state index contributed by atoms with van der Waals surface area (Å²) in [6.07, 6.45) is 0. The fourth-order valence-electron chi connectivity index (χ4n) is 8.33. The minimum absolute atomic E-state index is 0.214. The summed E-state index contributed by atoms with van der Waals surface area (Å²) in [6.45, 7) is 4.78. The van der Waals surface area contributed by atoms with E-state index in [4.69, 9.17) is 4.98 Å². The summed E-state index contributed by atoms with van der Waals surface area (Å²) < 4.78 is 4.92. The van der Waals surface area contributed by atoms with Crippen molar-refractivity contribution in [2.45, 2.75) is 19.3 Å². The summed E-state index contributed by atoms with van der Waals surface area (Å²) in [5.74, 6) is 0.911. The molecule has 10 rings (SSSR count). The van der Waals surface area contributed by atoms with Crippen molar-refractivity contribution in [1.29, 1.82) is 0 Å². The van der Waals surface area contributed by atoms with Gasteiger partial charge >= 0.3 is 0 Å². The van der Waals surface area contributed by atoms with Gasteiger partial charge in [-0.1, -0.05) is 141 Å². The van der Waals surface area contributed by atoms with Gasteiger partial charge in [0, 0.05) is 38.4 Å². The van der Waals surface area contributed by atoms with Crippen LogP contribution < -0.4 is 0 Å². The highest BCUT2D eigenvalue weighted by molar-refractivity contribution is 6.21. The lowest BCUT2D eigenvalue weighted by Crippen LogP contribution is -2.15. The van der Waals surface area contributed by atoms with Crippen LogP contribution in [0.5, 0.6) is 0 Å². The molecule has 0 spiro atoms. The second-order valence-corrected chi connectivity index (χ2v) is 13.6. The van der Waals surface area contributed by atoms with E-state index in [0.717, 1.165) is 28.2 Å². The molecule has 0 bridgehead atoms. The Kier molecular flexibility index (Phi) is 5.92. The van der Waals surface area contributed by atoms with Crippen molar-refractivity contribution in [3.63, 3.8) is 0 Å². The quantitative estimate of drug-likeness (QED) is 0.190. The van der Waals surface area contributed by atoms with E-state index in [2.05, 4.69) is 187 Å². The van der Waals surface area contributed by atoms with Gasteiger partial charge in [-0.25, -0.2) is 4.98 Å². The van der Waals surface area contributed by atoms with Crippen LogP contribution in [-0.2, 0) is 5.41 Å². The molecular formula is C46H33N3. The maximum atomic E-state index is 5.47. The van der Waals surface area contributed by atoms with Crippen LogP contribution in [0.25, 0.3) is 77.9 Å². The Balaban J connectivity index is 1.40. The topological polar surface area (TPSA) is 22.8 Å². The number of pyridine rings is 1. The van der Waals surface area contributed by atoms with E-state index in [9.17, 15) is 0 Å². The van der Waals surface area contributed by atoms with Crippen molar-refractivity contribution in [1.82, 2.24) is 14.1 Å². The predicted octanol–water partition coefficient (Wildman–Crippen LogP) is 11.8. The van der Waals surface area contributed by atoms with Gasteiger partial charge in [0.05, 0.1) is 27.9 Å². The van der Waals surface area contributed by atoms with Crippen LogP contribution in [-0.4, -0.2) is 14.1 Å². The molecule has 0 unspecified atom stereocenters. The van der Waals surface area contributed by atoms with Crippen LogP contribution in [0.1, 0.15) is 25.0 Å². The third-order valence-corrected chi connectivity index (χ3v) is 10.5. The average molecular weight is 628 g/mol. The van der Waals surface area contributed by atoms with Crippen LogP contribution in [0.2, 0.25) is 0 Å². The first-order valence-electron chi connectivity index (χ1n) is 17.0. The fourth-order valence-corrected chi connectivity index (χ4v) is 8.33. The summed E-state index contributed by atoms with van der Waals surface area (Å²) in [4.78, 5) is 5.47. The number of nitrogens with zero attached hydrogens (tertiary/aromatic N) is 3. The highest BCUT2D eigenvalue weighted by atomic mass is 15.1. The first-order chi connectivity index (χ1) is 24.1. The van der Waals surface area contributed by atoms with E-state index in [-0.39, 0.29) is 5.41 Å². The van der Waals surface area contributed by atoms with Crippen molar-refractivity contribution in [3.05, 3.63) is 175 Å². The van der Waals surface area contributed by atoms with Gasteiger partial charge in [0.2, 0.25) is 0 Å². The third kappa shape index (κ3) is 3.99. The van der Waals surface area contributed by atoms with Gasteiger partial charge in [-0.3, -0.25) is 4.57 Å². The number of rotatable bonds is 4. The molecule has 3 heterocycles. The van der Waals surface area contributed by atoms with Gasteiger partial charge in [-0.15, -0.1) is 0 Å². The Bertz CT molecular complexity index is 2660. The van der Waals surface area contributed by atoms with Gasteiger partial charge in [0.25, 0.3) is 0 Å². The highest BCUT2D eigenvalue weighted by Crippen LogP contribution is 2.55. The molecule has 0 saturated carbocycles. The van der Waals surface area contributed by atoms with Gasteiger partial charge in [-0.05, 0) is 58.7 Å². The summed E-state index contributed by atoms with van der Waals surface area (Å²) in [7, 11) is 0. The lowest BCUT2D eigenvalue weighted by molar-refractivity contribution is 0.666. The molecule has 6 aromatic carbocycles. The number of aromatic nitrogens is 3. The summed E-state index contributed by atoms with van der Waals surface area (Å²) in [5.41, 5.74) is 14.2. The van der Waals surface area contributed by atoms with Gasteiger partial charge in [-0.2, -0.15) is 0 Å². The number of benzene rings is 6. The van der Waals surface area contributed by atoms with Crippen molar-refractivity contribution in [2.75, 3.05) is 0 Å². The van der Waals surface area contributed by atoms with Crippen LogP contribution >= 0.6 is 0 Å². The van der Waals surface area contributed by atoms with E-state index in [1.54, 1.807) is 0 Å². The fraction of sp³-hybridized carbons (Fsp3) is 0.0652. The zero-order chi connectivity index (χ0) is 32.7. The zero-order valence-electron chi connectivity index (χ0n) is 27.4. The summed E-state index contributed by atoms with van der Waals surface area (Å²) in [6, 6.07) is 58.9. The van der Waals surface area contributed by atoms with E-state index in [0.29, 0.717) is 0 Å². The van der Waals surface area contributed by atoms with Crippen LogP contribution in [0.3, 0.4) is 0 Å². The molecule has 1 aliphatic rings. The summed E-state index contributed by atoms with van der Waals surface area (Å²) >= 11 is 0. The second-order valence-electron chi connectivity index (χ2n) is 13.6. The molecule has 3 nitrogen and oxygen atoms in total. The van der Waals surface area contributed by atoms with E-state index >= 15 is 0 Å². The highest BCUT2D eigenvalue weighted by Gasteiger charge is 2.41. The average Bonchev–Trinajstić information content (AvgIpc) is 3.77. The number of hydrogen-bond donors (Lipinski definition) is 0. The Morgan fingerprint density at radius 2 is 1.16 bits per heavy atom. The maximum absolute atomic E-state index is 5.47. The molecule has 0 atom stereocenters. The van der Waals surface area contributed by atoms with Gasteiger partial charge in [0.15, 0.2) is 0 Å². The van der Waals surface area contributed by atoms with Crippen molar-refractivity contribution in [2.24, 2.45) is 0 Å². The molecule has 0 radical (unpaired) electrons. The molecule has 9 aromatic rings.